The van der Waals surface area contributed by atoms with Crippen molar-refractivity contribution in [3.05, 3.63) is 98.8 Å². The first-order valence-electron chi connectivity index (χ1n) is 9.19. The fourth-order valence-electron chi connectivity index (χ4n) is 2.80. The third-order valence-electron chi connectivity index (χ3n) is 4.50. The minimum Gasteiger partial charge on any atom is -0.488 e. The molecule has 3 aromatic carbocycles. The van der Waals surface area contributed by atoms with E-state index in [2.05, 4.69) is 36.5 Å². The van der Waals surface area contributed by atoms with E-state index in [0.717, 1.165) is 12.0 Å². The Morgan fingerprint density at radius 1 is 1.03 bits per heavy atom. The Bertz CT molecular complexity index is 988. The number of aryl methyl sites for hydroxylation is 1. The SMILES string of the molecule is CCc1ccc(CNC(=S)c2cc(Cl)ccc2OCc2c(F)cccc2Cl)cc1. The molecule has 29 heavy (non-hydrogen) atoms. The second-order valence-electron chi connectivity index (χ2n) is 6.48. The summed E-state index contributed by atoms with van der Waals surface area (Å²) < 4.78 is 19.8. The normalized spacial score (nSPS) is 10.6. The van der Waals surface area contributed by atoms with Gasteiger partial charge in [0.25, 0.3) is 0 Å². The van der Waals surface area contributed by atoms with Gasteiger partial charge in [-0.15, -0.1) is 0 Å². The van der Waals surface area contributed by atoms with Crippen LogP contribution in [0, 0.1) is 5.82 Å². The number of halogens is 3. The summed E-state index contributed by atoms with van der Waals surface area (Å²) >= 11 is 17.8. The first-order chi connectivity index (χ1) is 14.0. The first-order valence-corrected chi connectivity index (χ1v) is 10.4. The Balaban J connectivity index is 1.72. The van der Waals surface area contributed by atoms with Gasteiger partial charge in [0.05, 0.1) is 10.6 Å². The Hall–Kier alpha value is -2.14. The number of nitrogens with one attached hydrogen (secondary N) is 1. The number of thiocarbonyl (C=S) groups is 1. The lowest BCUT2D eigenvalue weighted by Gasteiger charge is -2.15. The maximum Gasteiger partial charge on any atom is 0.131 e. The molecule has 2 nitrogen and oxygen atoms in total. The fourth-order valence-corrected chi connectivity index (χ4v) is 3.42. The second-order valence-corrected chi connectivity index (χ2v) is 7.73. The van der Waals surface area contributed by atoms with Crippen LogP contribution >= 0.6 is 35.4 Å². The Labute approximate surface area is 185 Å². The van der Waals surface area contributed by atoms with Crippen LogP contribution in [0.3, 0.4) is 0 Å². The van der Waals surface area contributed by atoms with Crippen molar-refractivity contribution in [3.8, 4) is 5.75 Å². The lowest BCUT2D eigenvalue weighted by molar-refractivity contribution is 0.299. The molecule has 0 atom stereocenters. The maximum absolute atomic E-state index is 14.0. The number of hydrogen-bond acceptors (Lipinski definition) is 2. The minimum absolute atomic E-state index is 0.0127. The molecule has 0 unspecified atom stereocenters. The molecule has 3 rings (SSSR count). The van der Waals surface area contributed by atoms with Crippen LogP contribution in [0.5, 0.6) is 5.75 Å². The molecular formula is C23H20Cl2FNOS. The van der Waals surface area contributed by atoms with Crippen LogP contribution in [0.15, 0.2) is 60.7 Å². The van der Waals surface area contributed by atoms with Gasteiger partial charge in [0.2, 0.25) is 0 Å². The van der Waals surface area contributed by atoms with Crippen molar-refractivity contribution in [3.63, 3.8) is 0 Å². The van der Waals surface area contributed by atoms with Crippen LogP contribution in [0.2, 0.25) is 10.0 Å². The predicted octanol–water partition coefficient (Wildman–Crippen LogP) is 6.74. The highest BCUT2D eigenvalue weighted by Crippen LogP contribution is 2.26. The molecule has 0 bridgehead atoms. The molecule has 0 saturated heterocycles. The van der Waals surface area contributed by atoms with Crippen molar-refractivity contribution in [2.75, 3.05) is 0 Å². The average Bonchev–Trinajstić information content (AvgIpc) is 2.73. The Morgan fingerprint density at radius 3 is 2.45 bits per heavy atom. The highest BCUT2D eigenvalue weighted by Gasteiger charge is 2.13. The van der Waals surface area contributed by atoms with Crippen LogP contribution in [0.4, 0.5) is 4.39 Å². The fraction of sp³-hybridized carbons (Fsp3) is 0.174. The van der Waals surface area contributed by atoms with Gasteiger partial charge in [0.1, 0.15) is 23.2 Å². The molecule has 6 heteroatoms. The molecule has 150 valence electrons. The van der Waals surface area contributed by atoms with E-state index in [0.29, 0.717) is 38.5 Å². The summed E-state index contributed by atoms with van der Waals surface area (Å²) in [5, 5.41) is 4.09. The number of ether oxygens (including phenoxy) is 1. The van der Waals surface area contributed by atoms with Crippen molar-refractivity contribution in [2.45, 2.75) is 26.5 Å². The molecular weight excluding hydrogens is 428 g/mol. The van der Waals surface area contributed by atoms with Crippen LogP contribution in [0.1, 0.15) is 29.2 Å². The van der Waals surface area contributed by atoms with E-state index in [1.165, 1.54) is 11.6 Å². The van der Waals surface area contributed by atoms with E-state index in [1.54, 1.807) is 30.3 Å². The average molecular weight is 448 g/mol. The van der Waals surface area contributed by atoms with E-state index in [1.807, 2.05) is 0 Å². The number of rotatable bonds is 7. The molecule has 0 radical (unpaired) electrons. The van der Waals surface area contributed by atoms with E-state index in [9.17, 15) is 4.39 Å². The highest BCUT2D eigenvalue weighted by molar-refractivity contribution is 7.80. The largest absolute Gasteiger partial charge is 0.488 e. The Kier molecular flexibility index (Phi) is 7.48. The van der Waals surface area contributed by atoms with Crippen molar-refractivity contribution in [1.29, 1.82) is 0 Å². The Morgan fingerprint density at radius 2 is 1.76 bits per heavy atom. The molecule has 0 saturated carbocycles. The zero-order valence-electron chi connectivity index (χ0n) is 15.8. The maximum atomic E-state index is 14.0. The zero-order chi connectivity index (χ0) is 20.8. The summed E-state index contributed by atoms with van der Waals surface area (Å²) in [5.41, 5.74) is 3.34. The van der Waals surface area contributed by atoms with Gasteiger partial charge >= 0.3 is 0 Å². The lowest BCUT2D eigenvalue weighted by atomic mass is 10.1. The molecule has 0 aliphatic carbocycles. The van der Waals surface area contributed by atoms with Gasteiger partial charge in [0, 0.05) is 17.1 Å². The summed E-state index contributed by atoms with van der Waals surface area (Å²) in [6, 6.07) is 18.0. The van der Waals surface area contributed by atoms with Gasteiger partial charge in [-0.1, -0.05) is 72.7 Å². The van der Waals surface area contributed by atoms with Gasteiger partial charge in [-0.05, 0) is 47.9 Å². The summed E-state index contributed by atoms with van der Waals surface area (Å²) in [6.45, 7) is 2.69. The summed E-state index contributed by atoms with van der Waals surface area (Å²) in [4.78, 5) is 0.502. The van der Waals surface area contributed by atoms with E-state index in [4.69, 9.17) is 40.2 Å². The van der Waals surface area contributed by atoms with E-state index >= 15 is 0 Å². The second kappa shape index (κ2) is 10.1. The summed E-state index contributed by atoms with van der Waals surface area (Å²) in [7, 11) is 0. The minimum atomic E-state index is -0.413. The van der Waals surface area contributed by atoms with Gasteiger partial charge in [-0.25, -0.2) is 4.39 Å². The number of benzene rings is 3. The third kappa shape index (κ3) is 5.69. The highest BCUT2D eigenvalue weighted by atomic mass is 35.5. The van der Waals surface area contributed by atoms with Crippen LogP contribution < -0.4 is 10.1 Å². The summed E-state index contributed by atoms with van der Waals surface area (Å²) in [5.74, 6) is 0.0943. The topological polar surface area (TPSA) is 21.3 Å². The summed E-state index contributed by atoms with van der Waals surface area (Å²) in [6.07, 6.45) is 1.00. The molecule has 0 aromatic heterocycles. The predicted molar refractivity (Wildman–Crippen MR) is 122 cm³/mol. The van der Waals surface area contributed by atoms with Crippen LogP contribution in [0.25, 0.3) is 0 Å². The first kappa shape index (κ1) is 21.6. The zero-order valence-corrected chi connectivity index (χ0v) is 18.2. The van der Waals surface area contributed by atoms with Crippen molar-refractivity contribution in [1.82, 2.24) is 5.32 Å². The van der Waals surface area contributed by atoms with Crippen molar-refractivity contribution in [2.24, 2.45) is 0 Å². The smallest absolute Gasteiger partial charge is 0.131 e. The van der Waals surface area contributed by atoms with Crippen molar-refractivity contribution < 1.29 is 9.13 Å². The lowest BCUT2D eigenvalue weighted by Crippen LogP contribution is -2.22. The van der Waals surface area contributed by atoms with Crippen LogP contribution in [-0.2, 0) is 19.6 Å². The van der Waals surface area contributed by atoms with Gasteiger partial charge in [-0.2, -0.15) is 0 Å². The van der Waals surface area contributed by atoms with Gasteiger partial charge in [-0.3, -0.25) is 0 Å². The monoisotopic (exact) mass is 447 g/mol. The van der Waals surface area contributed by atoms with E-state index in [-0.39, 0.29) is 6.61 Å². The molecule has 0 spiro atoms. The standard InChI is InChI=1S/C23H20Cl2FNOS/c1-2-15-6-8-16(9-7-15)13-27-23(29)18-12-17(24)10-11-22(18)28-14-19-20(25)4-3-5-21(19)26/h3-12H,2,13-14H2,1H3,(H,27,29). The van der Waals surface area contributed by atoms with E-state index < -0.39 is 5.82 Å². The molecule has 0 fully saturated rings. The van der Waals surface area contributed by atoms with Gasteiger partial charge < -0.3 is 10.1 Å². The molecule has 1 N–H and O–H groups in total. The molecule has 0 heterocycles. The molecule has 0 amide bonds. The van der Waals surface area contributed by atoms with Crippen molar-refractivity contribution >= 4 is 40.4 Å². The molecule has 0 aliphatic heterocycles. The van der Waals surface area contributed by atoms with Crippen LogP contribution in [-0.4, -0.2) is 4.99 Å². The number of hydrogen-bond donors (Lipinski definition) is 1. The quantitative estimate of drug-likeness (QED) is 0.405. The molecule has 3 aromatic rings. The van der Waals surface area contributed by atoms with Gasteiger partial charge in [0.15, 0.2) is 0 Å². The molecule has 0 aliphatic rings. The third-order valence-corrected chi connectivity index (χ3v) is 5.46.